The highest BCUT2D eigenvalue weighted by atomic mass is 32.1. The molecule has 0 aromatic carbocycles. The Kier molecular flexibility index (Phi) is 4.80. The van der Waals surface area contributed by atoms with E-state index >= 15 is 0 Å². The molecule has 0 radical (unpaired) electrons. The van der Waals surface area contributed by atoms with Gasteiger partial charge in [-0.1, -0.05) is 5.16 Å². The number of aromatic nitrogens is 4. The first-order valence-corrected chi connectivity index (χ1v) is 9.55. The minimum Gasteiger partial charge on any atom is -0.465 e. The van der Waals surface area contributed by atoms with E-state index in [1.807, 2.05) is 0 Å². The van der Waals surface area contributed by atoms with Crippen LogP contribution in [0, 0.1) is 19.8 Å². The number of carbonyl (C=O) groups excluding carboxylic acids is 1. The number of amides is 2. The second-order valence-corrected chi connectivity index (χ2v) is 7.57. The number of hydrogen-bond donors (Lipinski definition) is 4. The molecule has 162 valence electrons. The molecule has 31 heavy (non-hydrogen) atoms. The quantitative estimate of drug-likeness (QED) is 0.459. The number of nitrogens with zero attached hydrogens (tertiary/aromatic N) is 3. The van der Waals surface area contributed by atoms with Gasteiger partial charge >= 0.3 is 11.0 Å². The largest absolute Gasteiger partial charge is 0.465 e. The average Bonchev–Trinajstić information content (AvgIpc) is 2.96. The van der Waals surface area contributed by atoms with Crippen molar-refractivity contribution in [3.8, 4) is 11.5 Å². The Bertz CT molecular complexity index is 1250. The number of carbonyl (C=O) groups is 2. The third-order valence-electron chi connectivity index (χ3n) is 4.76. The minimum absolute atomic E-state index is 0.0714. The Morgan fingerprint density at radius 3 is 2.61 bits per heavy atom. The summed E-state index contributed by atoms with van der Waals surface area (Å²) >= 11 is 0.508. The SMILES string of the molecule is Cc1nc(-c2onc(C)c2NC(=O)O)ccc1NC(=O)C1C(c2nsc(=O)[nH]2)C1(F)F. The number of carboxylic acid groups (broad SMARTS) is 1. The van der Waals surface area contributed by atoms with Gasteiger partial charge in [0.05, 0.1) is 11.4 Å². The number of rotatable bonds is 5. The summed E-state index contributed by atoms with van der Waals surface area (Å²) in [4.78, 5) is 40.5. The maximum Gasteiger partial charge on any atom is 0.409 e. The second kappa shape index (κ2) is 7.23. The van der Waals surface area contributed by atoms with Crippen molar-refractivity contribution in [1.82, 2.24) is 19.5 Å². The third-order valence-corrected chi connectivity index (χ3v) is 5.31. The van der Waals surface area contributed by atoms with Crippen molar-refractivity contribution < 1.29 is 28.0 Å². The first kappa shape index (κ1) is 20.6. The van der Waals surface area contributed by atoms with Crippen molar-refractivity contribution in [3.63, 3.8) is 0 Å². The van der Waals surface area contributed by atoms with Crippen LogP contribution in [-0.4, -0.2) is 42.5 Å². The maximum absolute atomic E-state index is 14.1. The minimum atomic E-state index is -3.34. The van der Waals surface area contributed by atoms with Crippen molar-refractivity contribution in [2.24, 2.45) is 5.92 Å². The average molecular weight is 452 g/mol. The van der Waals surface area contributed by atoms with Gasteiger partial charge in [-0.25, -0.2) is 18.6 Å². The van der Waals surface area contributed by atoms with Gasteiger partial charge in [0.1, 0.15) is 34.7 Å². The molecule has 2 atom stereocenters. The first-order valence-electron chi connectivity index (χ1n) is 8.78. The molecule has 3 aromatic rings. The topological polar surface area (TPSA) is 163 Å². The van der Waals surface area contributed by atoms with Crippen molar-refractivity contribution in [1.29, 1.82) is 0 Å². The van der Waals surface area contributed by atoms with E-state index in [4.69, 9.17) is 9.63 Å². The fourth-order valence-electron chi connectivity index (χ4n) is 3.20. The van der Waals surface area contributed by atoms with Crippen molar-refractivity contribution in [2.75, 3.05) is 10.6 Å². The monoisotopic (exact) mass is 452 g/mol. The molecule has 0 bridgehead atoms. The molecule has 4 rings (SSSR count). The molecule has 0 saturated heterocycles. The smallest absolute Gasteiger partial charge is 0.409 e. The molecule has 1 aliphatic carbocycles. The molecule has 0 spiro atoms. The first-order chi connectivity index (χ1) is 14.6. The number of hydrogen-bond acceptors (Lipinski definition) is 8. The van der Waals surface area contributed by atoms with Crippen LogP contribution < -0.4 is 15.5 Å². The van der Waals surface area contributed by atoms with Crippen molar-refractivity contribution in [3.05, 3.63) is 39.0 Å². The number of H-pyrrole nitrogens is 1. The van der Waals surface area contributed by atoms with E-state index < -0.39 is 34.6 Å². The van der Waals surface area contributed by atoms with Crippen LogP contribution in [-0.2, 0) is 4.79 Å². The summed E-state index contributed by atoms with van der Waals surface area (Å²) in [7, 11) is 0. The molecule has 1 aliphatic rings. The maximum atomic E-state index is 14.1. The van der Waals surface area contributed by atoms with Gasteiger partial charge in [-0.15, -0.1) is 0 Å². The molecular formula is C17H14F2N6O5S. The summed E-state index contributed by atoms with van der Waals surface area (Å²) in [6, 6.07) is 2.86. The van der Waals surface area contributed by atoms with E-state index in [0.717, 1.165) is 0 Å². The number of aryl methyl sites for hydroxylation is 2. The second-order valence-electron chi connectivity index (χ2n) is 6.83. The summed E-state index contributed by atoms with van der Waals surface area (Å²) in [5.41, 5.74) is 1.12. The molecule has 3 heterocycles. The fourth-order valence-corrected chi connectivity index (χ4v) is 3.69. The zero-order valence-electron chi connectivity index (χ0n) is 15.9. The van der Waals surface area contributed by atoms with Gasteiger partial charge in [0, 0.05) is 11.5 Å². The van der Waals surface area contributed by atoms with Crippen LogP contribution in [0.4, 0.5) is 25.0 Å². The normalized spacial score (nSPS) is 19.1. The zero-order chi connectivity index (χ0) is 22.5. The zero-order valence-corrected chi connectivity index (χ0v) is 16.7. The van der Waals surface area contributed by atoms with Crippen LogP contribution in [0.5, 0.6) is 0 Å². The summed E-state index contributed by atoms with van der Waals surface area (Å²) in [6.07, 6.45) is -1.31. The van der Waals surface area contributed by atoms with E-state index in [9.17, 15) is 23.2 Å². The van der Waals surface area contributed by atoms with Gasteiger partial charge in [0.25, 0.3) is 5.92 Å². The van der Waals surface area contributed by atoms with Gasteiger partial charge in [0.15, 0.2) is 0 Å². The van der Waals surface area contributed by atoms with Crippen LogP contribution >= 0.6 is 11.5 Å². The lowest BCUT2D eigenvalue weighted by Gasteiger charge is -2.09. The van der Waals surface area contributed by atoms with Crippen LogP contribution in [0.15, 0.2) is 21.5 Å². The number of anilines is 2. The number of pyridine rings is 1. The highest BCUT2D eigenvalue weighted by Gasteiger charge is 2.74. The molecule has 0 aliphatic heterocycles. The fraction of sp³-hybridized carbons (Fsp3) is 0.294. The third kappa shape index (κ3) is 3.65. The predicted octanol–water partition coefficient (Wildman–Crippen LogP) is 2.58. The number of alkyl halides is 2. The molecule has 2 unspecified atom stereocenters. The predicted molar refractivity (Wildman–Crippen MR) is 103 cm³/mol. The van der Waals surface area contributed by atoms with Crippen LogP contribution in [0.2, 0.25) is 0 Å². The molecule has 2 amide bonds. The van der Waals surface area contributed by atoms with Crippen LogP contribution in [0.3, 0.4) is 0 Å². The number of nitrogens with one attached hydrogen (secondary N) is 3. The Balaban J connectivity index is 1.54. The number of aromatic amines is 1. The Hall–Kier alpha value is -3.68. The molecule has 14 heteroatoms. The van der Waals surface area contributed by atoms with E-state index in [1.165, 1.54) is 19.1 Å². The van der Waals surface area contributed by atoms with Gasteiger partial charge in [-0.05, 0) is 26.0 Å². The summed E-state index contributed by atoms with van der Waals surface area (Å²) < 4.78 is 37.1. The Morgan fingerprint density at radius 1 is 1.26 bits per heavy atom. The van der Waals surface area contributed by atoms with E-state index in [0.29, 0.717) is 17.2 Å². The van der Waals surface area contributed by atoms with Crippen molar-refractivity contribution in [2.45, 2.75) is 25.7 Å². The van der Waals surface area contributed by atoms with Gasteiger partial charge < -0.3 is 14.9 Å². The summed E-state index contributed by atoms with van der Waals surface area (Å²) in [5, 5.41) is 17.2. The Morgan fingerprint density at radius 2 is 2.00 bits per heavy atom. The molecule has 3 aromatic heterocycles. The van der Waals surface area contributed by atoms with Crippen LogP contribution in [0.25, 0.3) is 11.5 Å². The van der Waals surface area contributed by atoms with E-state index in [2.05, 4.69) is 30.1 Å². The highest BCUT2D eigenvalue weighted by Crippen LogP contribution is 2.61. The van der Waals surface area contributed by atoms with Crippen molar-refractivity contribution >= 4 is 34.9 Å². The van der Waals surface area contributed by atoms with Gasteiger partial charge in [-0.3, -0.25) is 19.9 Å². The lowest BCUT2D eigenvalue weighted by Crippen LogP contribution is -2.18. The molecule has 1 fully saturated rings. The number of halogens is 2. The van der Waals surface area contributed by atoms with E-state index in [-0.39, 0.29) is 34.3 Å². The molecule has 1 saturated carbocycles. The summed E-state index contributed by atoms with van der Waals surface area (Å²) in [6.45, 7) is 3.08. The molecular weight excluding hydrogens is 438 g/mol. The van der Waals surface area contributed by atoms with Crippen LogP contribution in [0.1, 0.15) is 23.1 Å². The van der Waals surface area contributed by atoms with Gasteiger partial charge in [0.2, 0.25) is 11.7 Å². The molecule has 4 N–H and O–H groups in total. The Labute approximate surface area is 175 Å². The molecule has 11 nitrogen and oxygen atoms in total. The lowest BCUT2D eigenvalue weighted by molar-refractivity contribution is -0.119. The highest BCUT2D eigenvalue weighted by molar-refractivity contribution is 7.02. The van der Waals surface area contributed by atoms with Gasteiger partial charge in [-0.2, -0.15) is 4.37 Å². The standard InChI is InChI=1S/C17H14F2N6O5S/c1-5-7(3-4-8(20-5)12-11(22-15(27)28)6(2)24-30-12)21-14(26)10-9(17(10,18)19)13-23-16(29)31-25-13/h3-4,9-10,22H,1-2H3,(H,21,26)(H,27,28)(H,23,25,29). The summed E-state index contributed by atoms with van der Waals surface area (Å²) in [5.74, 6) is -7.60. The van der Waals surface area contributed by atoms with E-state index in [1.54, 1.807) is 6.92 Å². The lowest BCUT2D eigenvalue weighted by atomic mass is 10.2.